The number of likely N-dealkylation sites (tertiary alicyclic amines) is 1. The molecule has 0 saturated carbocycles. The molecule has 2 amide bonds. The highest BCUT2D eigenvalue weighted by atomic mass is 16.2. The van der Waals surface area contributed by atoms with Crippen molar-refractivity contribution in [3.8, 4) is 11.1 Å². The first-order chi connectivity index (χ1) is 15.5. The largest absolute Gasteiger partial charge is 0.370 e. The number of rotatable bonds is 7. The van der Waals surface area contributed by atoms with Crippen molar-refractivity contribution in [3.05, 3.63) is 90.3 Å². The molecule has 0 bridgehead atoms. The Labute approximate surface area is 189 Å². The summed E-state index contributed by atoms with van der Waals surface area (Å²) in [6.45, 7) is 2.73. The minimum absolute atomic E-state index is 0.0182. The van der Waals surface area contributed by atoms with Gasteiger partial charge in [-0.3, -0.25) is 14.6 Å². The van der Waals surface area contributed by atoms with Gasteiger partial charge in [0.05, 0.1) is 6.04 Å². The molecule has 5 nitrogen and oxygen atoms in total. The molecule has 1 saturated heterocycles. The van der Waals surface area contributed by atoms with Crippen LogP contribution in [0.15, 0.2) is 79.1 Å². The highest BCUT2D eigenvalue weighted by molar-refractivity contribution is 5.80. The molecule has 1 aliphatic rings. The molecule has 3 aromatic rings. The van der Waals surface area contributed by atoms with Crippen molar-refractivity contribution < 1.29 is 9.59 Å². The van der Waals surface area contributed by atoms with Gasteiger partial charge < -0.3 is 10.6 Å². The predicted molar refractivity (Wildman–Crippen MR) is 126 cm³/mol. The van der Waals surface area contributed by atoms with Gasteiger partial charge in [-0.1, -0.05) is 60.7 Å². The lowest BCUT2D eigenvalue weighted by molar-refractivity contribution is -0.139. The van der Waals surface area contributed by atoms with Crippen LogP contribution in [0.1, 0.15) is 49.8 Å². The van der Waals surface area contributed by atoms with Crippen LogP contribution in [0.25, 0.3) is 11.1 Å². The topological polar surface area (TPSA) is 76.3 Å². The predicted octanol–water partition coefficient (Wildman–Crippen LogP) is 4.64. The lowest BCUT2D eigenvalue weighted by Gasteiger charge is -2.44. The Morgan fingerprint density at radius 3 is 2.44 bits per heavy atom. The monoisotopic (exact) mass is 427 g/mol. The fourth-order valence-corrected chi connectivity index (χ4v) is 4.77. The van der Waals surface area contributed by atoms with E-state index >= 15 is 0 Å². The Morgan fingerprint density at radius 2 is 1.81 bits per heavy atom. The van der Waals surface area contributed by atoms with Crippen molar-refractivity contribution in [3.63, 3.8) is 0 Å². The summed E-state index contributed by atoms with van der Waals surface area (Å²) in [5.74, 6) is -0.203. The maximum atomic E-state index is 13.3. The van der Waals surface area contributed by atoms with Crippen LogP contribution in [0.2, 0.25) is 0 Å². The number of carbonyl (C=O) groups excluding carboxylic acids is 2. The van der Waals surface area contributed by atoms with E-state index in [1.165, 1.54) is 0 Å². The van der Waals surface area contributed by atoms with Crippen molar-refractivity contribution in [1.29, 1.82) is 0 Å². The second-order valence-corrected chi connectivity index (χ2v) is 8.67. The van der Waals surface area contributed by atoms with Crippen LogP contribution < -0.4 is 5.73 Å². The highest BCUT2D eigenvalue weighted by Crippen LogP contribution is 2.42. The van der Waals surface area contributed by atoms with Crippen molar-refractivity contribution in [2.24, 2.45) is 5.73 Å². The van der Waals surface area contributed by atoms with Gasteiger partial charge in [0.2, 0.25) is 11.8 Å². The number of carbonyl (C=O) groups is 2. The Balaban J connectivity index is 1.51. The molecule has 0 radical (unpaired) electrons. The SMILES string of the molecule is C[C@@H](c1ccc(-c2cccnc2)cc1)N1CCC(CCC(N)=O)(c2ccccc2)CC1=O. The average Bonchev–Trinajstić information content (AvgIpc) is 2.83. The number of hydrogen-bond acceptors (Lipinski definition) is 3. The molecule has 0 aliphatic carbocycles. The van der Waals surface area contributed by atoms with Crippen molar-refractivity contribution >= 4 is 11.8 Å². The smallest absolute Gasteiger partial charge is 0.223 e. The molecule has 4 rings (SSSR count). The van der Waals surface area contributed by atoms with Crippen LogP contribution in [-0.2, 0) is 15.0 Å². The van der Waals surface area contributed by atoms with Gasteiger partial charge in [0, 0.05) is 37.2 Å². The van der Waals surface area contributed by atoms with Gasteiger partial charge in [0.25, 0.3) is 0 Å². The van der Waals surface area contributed by atoms with Crippen LogP contribution >= 0.6 is 0 Å². The van der Waals surface area contributed by atoms with E-state index in [-0.39, 0.29) is 29.7 Å². The number of aromatic nitrogens is 1. The van der Waals surface area contributed by atoms with Crippen LogP contribution in [0.5, 0.6) is 0 Å². The molecule has 2 heterocycles. The maximum Gasteiger partial charge on any atom is 0.223 e. The van der Waals surface area contributed by atoms with E-state index < -0.39 is 0 Å². The number of pyridine rings is 1. The van der Waals surface area contributed by atoms with Crippen LogP contribution in [0.3, 0.4) is 0 Å². The number of primary amides is 1. The molecule has 1 aromatic heterocycles. The summed E-state index contributed by atoms with van der Waals surface area (Å²) in [6, 6.07) is 22.4. The second-order valence-electron chi connectivity index (χ2n) is 8.67. The third-order valence-electron chi connectivity index (χ3n) is 6.73. The number of hydrogen-bond donors (Lipinski definition) is 1. The number of amides is 2. The van der Waals surface area contributed by atoms with Gasteiger partial charge in [-0.2, -0.15) is 0 Å². The van der Waals surface area contributed by atoms with E-state index in [2.05, 4.69) is 48.3 Å². The first-order valence-corrected chi connectivity index (χ1v) is 11.1. The minimum Gasteiger partial charge on any atom is -0.370 e. The Bertz CT molecular complexity index is 1070. The molecule has 1 aliphatic heterocycles. The van der Waals surface area contributed by atoms with Gasteiger partial charge in [0.1, 0.15) is 0 Å². The molecule has 1 unspecified atom stereocenters. The minimum atomic E-state index is -0.340. The first-order valence-electron chi connectivity index (χ1n) is 11.1. The summed E-state index contributed by atoms with van der Waals surface area (Å²) in [6.07, 6.45) is 5.70. The second kappa shape index (κ2) is 9.35. The van der Waals surface area contributed by atoms with Gasteiger partial charge in [-0.05, 0) is 48.1 Å². The van der Waals surface area contributed by atoms with Gasteiger partial charge in [0.15, 0.2) is 0 Å². The number of nitrogens with two attached hydrogens (primary N) is 1. The lowest BCUT2D eigenvalue weighted by Crippen LogP contribution is -2.47. The van der Waals surface area contributed by atoms with E-state index in [1.807, 2.05) is 41.4 Å². The third-order valence-corrected chi connectivity index (χ3v) is 6.73. The molecule has 164 valence electrons. The normalized spacial score (nSPS) is 19.5. The van der Waals surface area contributed by atoms with Gasteiger partial charge in [-0.15, -0.1) is 0 Å². The molecule has 32 heavy (non-hydrogen) atoms. The zero-order chi connectivity index (χ0) is 22.6. The molecule has 5 heteroatoms. The summed E-state index contributed by atoms with van der Waals surface area (Å²) in [5, 5.41) is 0. The van der Waals surface area contributed by atoms with Crippen molar-refractivity contribution in [1.82, 2.24) is 9.88 Å². The van der Waals surface area contributed by atoms with E-state index in [9.17, 15) is 9.59 Å². The zero-order valence-electron chi connectivity index (χ0n) is 18.4. The summed E-state index contributed by atoms with van der Waals surface area (Å²) in [4.78, 5) is 31.0. The molecule has 1 fully saturated rings. The zero-order valence-corrected chi connectivity index (χ0v) is 18.4. The van der Waals surface area contributed by atoms with Gasteiger partial charge >= 0.3 is 0 Å². The van der Waals surface area contributed by atoms with E-state index in [0.29, 0.717) is 19.4 Å². The average molecular weight is 428 g/mol. The molecule has 2 aromatic carbocycles. The van der Waals surface area contributed by atoms with Crippen molar-refractivity contribution in [2.75, 3.05) is 6.54 Å². The quantitative estimate of drug-likeness (QED) is 0.597. The Hall–Kier alpha value is -3.47. The van der Waals surface area contributed by atoms with E-state index in [1.54, 1.807) is 6.20 Å². The fraction of sp³-hybridized carbons (Fsp3) is 0.296. The van der Waals surface area contributed by atoms with Crippen LogP contribution in [0.4, 0.5) is 0 Å². The van der Waals surface area contributed by atoms with Gasteiger partial charge in [-0.25, -0.2) is 0 Å². The fourth-order valence-electron chi connectivity index (χ4n) is 4.77. The van der Waals surface area contributed by atoms with E-state index in [0.717, 1.165) is 28.7 Å². The molecule has 2 N–H and O–H groups in total. The Kier molecular flexibility index (Phi) is 6.35. The van der Waals surface area contributed by atoms with Crippen LogP contribution in [0, 0.1) is 0 Å². The number of benzene rings is 2. The molecular weight excluding hydrogens is 398 g/mol. The summed E-state index contributed by atoms with van der Waals surface area (Å²) in [5.41, 5.74) is 9.51. The lowest BCUT2D eigenvalue weighted by atomic mass is 9.69. The van der Waals surface area contributed by atoms with Crippen LogP contribution in [-0.4, -0.2) is 28.2 Å². The van der Waals surface area contributed by atoms with E-state index in [4.69, 9.17) is 5.73 Å². The molecular formula is C27H29N3O2. The van der Waals surface area contributed by atoms with Crippen molar-refractivity contribution in [2.45, 2.75) is 44.1 Å². The standard InChI is InChI=1S/C27H29N3O2/c1-20(21-9-11-22(12-10-21)23-6-5-16-29-19-23)30-17-15-27(18-26(30)32,14-13-25(28)31)24-7-3-2-4-8-24/h2-12,16,19-20H,13-15,17-18H2,1H3,(H2,28,31)/t20-,27?/m0/s1. The third kappa shape index (κ3) is 4.57. The Morgan fingerprint density at radius 1 is 1.06 bits per heavy atom. The number of nitrogens with zero attached hydrogens (tertiary/aromatic N) is 2. The summed E-state index contributed by atoms with van der Waals surface area (Å²) in [7, 11) is 0. The maximum absolute atomic E-state index is 13.3. The first kappa shape index (κ1) is 21.8. The highest BCUT2D eigenvalue weighted by Gasteiger charge is 2.41. The summed E-state index contributed by atoms with van der Waals surface area (Å²) >= 11 is 0. The number of piperidine rings is 1. The summed E-state index contributed by atoms with van der Waals surface area (Å²) < 4.78 is 0. The molecule has 2 atom stereocenters. The molecule has 0 spiro atoms.